The molecule has 10 heteroatoms. The van der Waals surface area contributed by atoms with E-state index in [1.807, 2.05) is 29.5 Å². The maximum atomic E-state index is 12.9. The lowest BCUT2D eigenvalue weighted by molar-refractivity contribution is -0.139. The van der Waals surface area contributed by atoms with Gasteiger partial charge in [0.1, 0.15) is 0 Å². The molecule has 0 fully saturated rings. The van der Waals surface area contributed by atoms with Gasteiger partial charge in [0.05, 0.1) is 31.0 Å². The number of carbonyl (C=O) groups excluding carboxylic acids is 2. The summed E-state index contributed by atoms with van der Waals surface area (Å²) in [5.74, 6) is 0.0796. The highest BCUT2D eigenvalue weighted by molar-refractivity contribution is 8.16. The molecule has 0 saturated carbocycles. The molecule has 0 saturated heterocycles. The molecular formula is C26H26ClN3O5S. The number of methoxy groups -OCH3 is 1. The van der Waals surface area contributed by atoms with Gasteiger partial charge in [0.2, 0.25) is 0 Å². The average molecular weight is 528 g/mol. The summed E-state index contributed by atoms with van der Waals surface area (Å²) in [7, 11) is 1.52. The number of hydrogen-bond donors (Lipinski definition) is 1. The van der Waals surface area contributed by atoms with Crippen LogP contribution in [0.5, 0.6) is 11.5 Å². The van der Waals surface area contributed by atoms with Crippen molar-refractivity contribution in [3.8, 4) is 11.5 Å². The Hall–Kier alpha value is -3.43. The Labute approximate surface area is 219 Å². The van der Waals surface area contributed by atoms with Crippen molar-refractivity contribution in [3.63, 3.8) is 0 Å². The van der Waals surface area contributed by atoms with Crippen LogP contribution in [0.4, 0.5) is 5.69 Å². The van der Waals surface area contributed by atoms with Gasteiger partial charge < -0.3 is 24.4 Å². The number of amides is 1. The predicted octanol–water partition coefficient (Wildman–Crippen LogP) is 5.44. The normalized spacial score (nSPS) is 16.4. The molecule has 2 aromatic rings. The van der Waals surface area contributed by atoms with Crippen molar-refractivity contribution < 1.29 is 23.8 Å². The van der Waals surface area contributed by atoms with Crippen LogP contribution in [0.15, 0.2) is 64.3 Å². The smallest absolute Gasteiger partial charge is 0.338 e. The number of amidine groups is 1. The summed E-state index contributed by atoms with van der Waals surface area (Å²) in [5.41, 5.74) is 3.26. The molecule has 1 atom stereocenters. The number of aliphatic imine (C=N–C) groups is 1. The second-order valence-electron chi connectivity index (χ2n) is 7.99. The van der Waals surface area contributed by atoms with Gasteiger partial charge in [-0.2, -0.15) is 0 Å². The third kappa shape index (κ3) is 5.22. The summed E-state index contributed by atoms with van der Waals surface area (Å²) in [6, 6.07) is 10.2. The lowest BCUT2D eigenvalue weighted by atomic mass is 9.94. The largest absolute Gasteiger partial charge is 0.493 e. The molecule has 1 N–H and O–H groups in total. The van der Waals surface area contributed by atoms with E-state index < -0.39 is 12.0 Å². The van der Waals surface area contributed by atoms with E-state index in [4.69, 9.17) is 25.8 Å². The molecule has 0 unspecified atom stereocenters. The Kier molecular flexibility index (Phi) is 7.91. The minimum Gasteiger partial charge on any atom is -0.493 e. The first-order chi connectivity index (χ1) is 17.3. The zero-order chi connectivity index (χ0) is 25.8. The van der Waals surface area contributed by atoms with Gasteiger partial charge in [0, 0.05) is 16.9 Å². The number of nitrogens with one attached hydrogen (secondary N) is 1. The summed E-state index contributed by atoms with van der Waals surface area (Å²) in [6.07, 6.45) is 1.89. The Morgan fingerprint density at radius 1 is 1.19 bits per heavy atom. The van der Waals surface area contributed by atoms with Crippen LogP contribution in [0.3, 0.4) is 0 Å². The molecule has 0 aromatic heterocycles. The number of hydrogen-bond acceptors (Lipinski definition) is 8. The average Bonchev–Trinajstić information content (AvgIpc) is 3.32. The molecule has 188 valence electrons. The molecular weight excluding hydrogens is 502 g/mol. The number of fused-ring (bicyclic) bond motifs is 1. The Bertz CT molecular complexity index is 1290. The SMILES string of the molecule is CCOC(=O)C1=C(C)N=C2SC=CN2[C@@H]1c1ccc(OCC(=O)Nc2cccc(Cl)c2C)c(OC)c1. The van der Waals surface area contributed by atoms with Crippen molar-refractivity contribution in [2.75, 3.05) is 25.6 Å². The molecule has 0 spiro atoms. The first-order valence-electron chi connectivity index (χ1n) is 11.3. The molecule has 2 heterocycles. The fourth-order valence-electron chi connectivity index (χ4n) is 3.94. The van der Waals surface area contributed by atoms with E-state index in [9.17, 15) is 9.59 Å². The summed E-state index contributed by atoms with van der Waals surface area (Å²) >= 11 is 7.61. The summed E-state index contributed by atoms with van der Waals surface area (Å²) in [5, 5.41) is 6.07. The van der Waals surface area contributed by atoms with Gasteiger partial charge in [-0.25, -0.2) is 9.79 Å². The summed E-state index contributed by atoms with van der Waals surface area (Å²) in [6.45, 7) is 5.44. The second-order valence-corrected chi connectivity index (χ2v) is 9.27. The molecule has 0 bridgehead atoms. The Morgan fingerprint density at radius 2 is 2.00 bits per heavy atom. The molecule has 4 rings (SSSR count). The van der Waals surface area contributed by atoms with E-state index in [1.165, 1.54) is 18.9 Å². The number of allylic oxidation sites excluding steroid dienone is 1. The molecule has 36 heavy (non-hydrogen) atoms. The molecule has 1 amide bonds. The second kappa shape index (κ2) is 11.1. The van der Waals surface area contributed by atoms with Crippen molar-refractivity contribution in [1.82, 2.24) is 4.90 Å². The highest BCUT2D eigenvalue weighted by Crippen LogP contribution is 2.43. The molecule has 2 aliphatic rings. The molecule has 0 aliphatic carbocycles. The van der Waals surface area contributed by atoms with Crippen LogP contribution in [0, 0.1) is 6.92 Å². The predicted molar refractivity (Wildman–Crippen MR) is 141 cm³/mol. The third-order valence-electron chi connectivity index (χ3n) is 5.72. The monoisotopic (exact) mass is 527 g/mol. The quantitative estimate of drug-likeness (QED) is 0.457. The van der Waals surface area contributed by atoms with Crippen LogP contribution in [-0.4, -0.2) is 42.3 Å². The Balaban J connectivity index is 1.56. The van der Waals surface area contributed by atoms with Crippen molar-refractivity contribution in [3.05, 3.63) is 75.4 Å². The third-order valence-corrected chi connectivity index (χ3v) is 6.90. The standard InChI is InChI=1S/C26H26ClN3O5S/c1-5-34-25(32)23-16(3)28-26-30(11-12-36-26)24(23)17-9-10-20(21(13-17)33-4)35-14-22(31)29-19-8-6-7-18(27)15(19)2/h6-13,24H,5,14H2,1-4H3,(H,29,31)/t24-/m1/s1. The fourth-order valence-corrected chi connectivity index (χ4v) is 4.91. The number of halogens is 1. The van der Waals surface area contributed by atoms with Gasteiger partial charge in [0.25, 0.3) is 5.91 Å². The zero-order valence-electron chi connectivity index (χ0n) is 20.3. The van der Waals surface area contributed by atoms with Gasteiger partial charge in [0.15, 0.2) is 23.3 Å². The van der Waals surface area contributed by atoms with Crippen LogP contribution in [0.1, 0.15) is 31.0 Å². The highest BCUT2D eigenvalue weighted by Gasteiger charge is 2.37. The van der Waals surface area contributed by atoms with E-state index >= 15 is 0 Å². The van der Waals surface area contributed by atoms with Crippen molar-refractivity contribution >= 4 is 46.1 Å². The van der Waals surface area contributed by atoms with Crippen molar-refractivity contribution in [1.29, 1.82) is 0 Å². The van der Waals surface area contributed by atoms with Crippen molar-refractivity contribution in [2.24, 2.45) is 4.99 Å². The van der Waals surface area contributed by atoms with Gasteiger partial charge in [-0.1, -0.05) is 35.5 Å². The number of nitrogens with zero attached hydrogens (tertiary/aromatic N) is 2. The van der Waals surface area contributed by atoms with Crippen LogP contribution >= 0.6 is 23.4 Å². The van der Waals surface area contributed by atoms with Gasteiger partial charge >= 0.3 is 5.97 Å². The molecule has 2 aliphatic heterocycles. The van der Waals surface area contributed by atoms with Gasteiger partial charge in [-0.05, 0) is 61.6 Å². The Morgan fingerprint density at radius 3 is 2.75 bits per heavy atom. The number of thioether (sulfide) groups is 1. The van der Waals surface area contributed by atoms with Crippen LogP contribution in [0.25, 0.3) is 0 Å². The van der Waals surface area contributed by atoms with E-state index in [0.717, 1.165) is 16.3 Å². The number of esters is 1. The van der Waals surface area contributed by atoms with Crippen LogP contribution in [-0.2, 0) is 14.3 Å². The van der Waals surface area contributed by atoms with Gasteiger partial charge in [-0.15, -0.1) is 0 Å². The van der Waals surface area contributed by atoms with Crippen LogP contribution in [0.2, 0.25) is 5.02 Å². The van der Waals surface area contributed by atoms with E-state index in [1.54, 1.807) is 44.2 Å². The van der Waals surface area contributed by atoms with Gasteiger partial charge in [-0.3, -0.25) is 4.79 Å². The van der Waals surface area contributed by atoms with E-state index in [-0.39, 0.29) is 19.1 Å². The fraction of sp³-hybridized carbons (Fsp3) is 0.269. The van der Waals surface area contributed by atoms with Crippen molar-refractivity contribution in [2.45, 2.75) is 26.8 Å². The number of rotatable bonds is 8. The molecule has 0 radical (unpaired) electrons. The topological polar surface area (TPSA) is 89.5 Å². The summed E-state index contributed by atoms with van der Waals surface area (Å²) < 4.78 is 16.7. The number of ether oxygens (including phenoxy) is 3. The maximum absolute atomic E-state index is 12.9. The minimum atomic E-state index is -0.445. The van der Waals surface area contributed by atoms with E-state index in [2.05, 4.69) is 10.3 Å². The lowest BCUT2D eigenvalue weighted by Gasteiger charge is -2.33. The number of benzene rings is 2. The first-order valence-corrected chi connectivity index (χ1v) is 12.5. The summed E-state index contributed by atoms with van der Waals surface area (Å²) in [4.78, 5) is 31.9. The number of anilines is 1. The molecule has 8 nitrogen and oxygen atoms in total. The van der Waals surface area contributed by atoms with E-state index in [0.29, 0.717) is 33.5 Å². The number of carbonyl (C=O) groups is 2. The zero-order valence-corrected chi connectivity index (χ0v) is 21.9. The minimum absolute atomic E-state index is 0.222. The first kappa shape index (κ1) is 25.7. The maximum Gasteiger partial charge on any atom is 0.338 e. The molecule has 2 aromatic carbocycles. The lowest BCUT2D eigenvalue weighted by Crippen LogP contribution is -2.34. The highest BCUT2D eigenvalue weighted by atomic mass is 35.5. The van der Waals surface area contributed by atoms with Crippen LogP contribution < -0.4 is 14.8 Å².